The summed E-state index contributed by atoms with van der Waals surface area (Å²) < 4.78 is 5.67. The number of nitrogens with one attached hydrogen (secondary N) is 1. The molecule has 210 valence electrons. The minimum absolute atomic E-state index is 0.0415. The molecule has 2 amide bonds. The van der Waals surface area contributed by atoms with Gasteiger partial charge in [0, 0.05) is 55.1 Å². The van der Waals surface area contributed by atoms with E-state index in [-0.39, 0.29) is 36.2 Å². The van der Waals surface area contributed by atoms with Crippen molar-refractivity contribution in [3.8, 4) is 11.3 Å². The van der Waals surface area contributed by atoms with Crippen LogP contribution in [0.3, 0.4) is 0 Å². The van der Waals surface area contributed by atoms with Crippen LogP contribution in [-0.4, -0.2) is 96.9 Å². The number of ketones is 1. The van der Waals surface area contributed by atoms with Crippen molar-refractivity contribution in [3.63, 3.8) is 0 Å². The molecule has 0 bridgehead atoms. The van der Waals surface area contributed by atoms with Crippen LogP contribution in [0.4, 0.5) is 5.13 Å². The van der Waals surface area contributed by atoms with Crippen molar-refractivity contribution in [3.05, 3.63) is 35.2 Å². The van der Waals surface area contributed by atoms with Gasteiger partial charge >= 0.3 is 0 Å². The molecule has 39 heavy (non-hydrogen) atoms. The number of hydrogen-bond acceptors (Lipinski definition) is 8. The van der Waals surface area contributed by atoms with Crippen molar-refractivity contribution in [2.24, 2.45) is 11.3 Å². The first-order valence-electron chi connectivity index (χ1n) is 13.8. The molecule has 10 heteroatoms. The van der Waals surface area contributed by atoms with Crippen LogP contribution in [0.5, 0.6) is 0 Å². The van der Waals surface area contributed by atoms with Crippen molar-refractivity contribution in [2.75, 3.05) is 51.3 Å². The highest BCUT2D eigenvalue weighted by atomic mass is 32.1. The van der Waals surface area contributed by atoms with E-state index in [0.717, 1.165) is 42.6 Å². The number of Topliss-reactive ketones (excluding diaryl/α,β-unsaturated/α-hetero) is 1. The molecule has 0 radical (unpaired) electrons. The van der Waals surface area contributed by atoms with Crippen LogP contribution in [0, 0.1) is 11.3 Å². The highest BCUT2D eigenvalue weighted by molar-refractivity contribution is 7.14. The first-order valence-corrected chi connectivity index (χ1v) is 14.7. The zero-order valence-electron chi connectivity index (χ0n) is 23.5. The van der Waals surface area contributed by atoms with Crippen molar-refractivity contribution in [1.82, 2.24) is 20.1 Å². The third-order valence-corrected chi connectivity index (χ3v) is 9.55. The van der Waals surface area contributed by atoms with Gasteiger partial charge in [-0.1, -0.05) is 39.8 Å². The number of carbonyl (C=O) groups excluding carboxylic acids is 3. The Kier molecular flexibility index (Phi) is 7.81. The van der Waals surface area contributed by atoms with Gasteiger partial charge in [0.2, 0.25) is 5.91 Å². The third kappa shape index (κ3) is 5.47. The Morgan fingerprint density at radius 3 is 2.54 bits per heavy atom. The van der Waals surface area contributed by atoms with Crippen LogP contribution >= 0.6 is 11.3 Å². The Hall–Kier alpha value is -2.82. The lowest BCUT2D eigenvalue weighted by Crippen LogP contribution is -2.57. The first kappa shape index (κ1) is 27.7. The predicted octanol–water partition coefficient (Wildman–Crippen LogP) is 2.91. The number of likely N-dealkylation sites (tertiary alicyclic amines) is 1. The normalized spacial score (nSPS) is 24.6. The summed E-state index contributed by atoms with van der Waals surface area (Å²) in [7, 11) is 2.14. The highest BCUT2D eigenvalue weighted by Gasteiger charge is 2.53. The van der Waals surface area contributed by atoms with E-state index in [1.165, 1.54) is 0 Å². The van der Waals surface area contributed by atoms with Gasteiger partial charge in [0.15, 0.2) is 10.9 Å². The largest absolute Gasteiger partial charge is 0.367 e. The van der Waals surface area contributed by atoms with Gasteiger partial charge in [-0.3, -0.25) is 14.4 Å². The molecule has 4 heterocycles. The number of rotatable bonds is 7. The van der Waals surface area contributed by atoms with E-state index in [4.69, 9.17) is 9.72 Å². The smallest absolute Gasteiger partial charge is 0.251 e. The van der Waals surface area contributed by atoms with Crippen molar-refractivity contribution < 1.29 is 19.1 Å². The molecular weight excluding hydrogens is 514 g/mol. The maximum Gasteiger partial charge on any atom is 0.251 e. The number of nitrogens with zero attached hydrogens (tertiary/aromatic N) is 4. The number of piperazine rings is 1. The maximum atomic E-state index is 13.8. The molecular formula is C29H39N5O4S. The Morgan fingerprint density at radius 2 is 1.87 bits per heavy atom. The summed E-state index contributed by atoms with van der Waals surface area (Å²) in [6, 6.07) is 6.04. The number of ether oxygens (including phenoxy) is 1. The molecule has 1 aromatic carbocycles. The van der Waals surface area contributed by atoms with Crippen molar-refractivity contribution in [2.45, 2.75) is 52.3 Å². The molecule has 3 aliphatic rings. The number of anilines is 1. The molecule has 5 rings (SSSR count). The minimum atomic E-state index is -0.765. The summed E-state index contributed by atoms with van der Waals surface area (Å²) in [6.45, 7) is 12.4. The maximum absolute atomic E-state index is 13.8. The Labute approximate surface area is 234 Å². The zero-order valence-corrected chi connectivity index (χ0v) is 24.3. The van der Waals surface area contributed by atoms with E-state index >= 15 is 0 Å². The molecule has 0 saturated carbocycles. The van der Waals surface area contributed by atoms with Crippen LogP contribution < -0.4 is 10.2 Å². The number of carbonyl (C=O) groups is 3. The summed E-state index contributed by atoms with van der Waals surface area (Å²) in [5, 5.41) is 6.09. The second kappa shape index (κ2) is 11.0. The average molecular weight is 554 g/mol. The molecule has 1 N–H and O–H groups in total. The van der Waals surface area contributed by atoms with Crippen molar-refractivity contribution >= 4 is 34.1 Å². The number of aromatic nitrogens is 1. The minimum Gasteiger partial charge on any atom is -0.367 e. The van der Waals surface area contributed by atoms with Crippen LogP contribution in [0.25, 0.3) is 11.3 Å². The standard InChI is InChI=1S/C29H39N5O4S/c1-6-29(3,4)25(27(37)34-15-18(2)24-23(34)22(35)16-38-24)31-26(36)20-9-7-19(8-10-20)21-17-39-28(30-21)33-13-11-32(5)12-14-33/h7-10,17-18,23-25H,6,11-16H2,1-5H3,(H,31,36)/t18-,23-,24-,25-/m1/s1. The lowest BCUT2D eigenvalue weighted by atomic mass is 9.80. The van der Waals surface area contributed by atoms with Gasteiger partial charge in [-0.2, -0.15) is 0 Å². The fraction of sp³-hybridized carbons (Fsp3) is 0.586. The second-order valence-corrected chi connectivity index (χ2v) is 12.6. The second-order valence-electron chi connectivity index (χ2n) is 11.8. The third-order valence-electron chi connectivity index (χ3n) is 8.65. The van der Waals surface area contributed by atoms with Crippen LogP contribution in [0.15, 0.2) is 29.6 Å². The number of fused-ring (bicyclic) bond motifs is 1. The van der Waals surface area contributed by atoms with Gasteiger partial charge in [0.05, 0.1) is 11.8 Å². The van der Waals surface area contributed by atoms with Crippen LogP contribution in [-0.2, 0) is 14.3 Å². The molecule has 0 spiro atoms. The van der Waals surface area contributed by atoms with E-state index in [1.54, 1.807) is 28.4 Å². The summed E-state index contributed by atoms with van der Waals surface area (Å²) in [4.78, 5) is 50.9. The van der Waals surface area contributed by atoms with Gasteiger partial charge in [-0.25, -0.2) is 4.98 Å². The van der Waals surface area contributed by atoms with Gasteiger partial charge < -0.3 is 24.8 Å². The SMILES string of the molecule is CCC(C)(C)[C@H](NC(=O)c1ccc(-c2csc(N3CCN(C)CC3)n2)cc1)C(=O)N1C[C@@H](C)[C@H]2OCC(=O)[C@H]21. The quantitative estimate of drug-likeness (QED) is 0.563. The number of benzene rings is 1. The molecule has 1 aromatic heterocycles. The fourth-order valence-electron chi connectivity index (χ4n) is 5.63. The number of amides is 2. The number of likely N-dealkylation sites (N-methyl/N-ethyl adjacent to an activating group) is 1. The molecule has 0 aliphatic carbocycles. The molecule has 0 unspecified atom stereocenters. The van der Waals surface area contributed by atoms with Crippen molar-refractivity contribution in [1.29, 1.82) is 0 Å². The summed E-state index contributed by atoms with van der Waals surface area (Å²) in [6.07, 6.45) is 0.418. The molecule has 3 saturated heterocycles. The Morgan fingerprint density at radius 1 is 1.18 bits per heavy atom. The Balaban J connectivity index is 1.29. The lowest BCUT2D eigenvalue weighted by Gasteiger charge is -2.36. The van der Waals surface area contributed by atoms with Gasteiger partial charge in [-0.05, 0) is 31.0 Å². The highest BCUT2D eigenvalue weighted by Crippen LogP contribution is 2.35. The van der Waals surface area contributed by atoms with Crippen LogP contribution in [0.2, 0.25) is 0 Å². The summed E-state index contributed by atoms with van der Waals surface area (Å²) >= 11 is 1.64. The van der Waals surface area contributed by atoms with Gasteiger partial charge in [0.1, 0.15) is 18.7 Å². The topological polar surface area (TPSA) is 95.1 Å². The molecule has 4 atom stereocenters. The lowest BCUT2D eigenvalue weighted by molar-refractivity contribution is -0.140. The van der Waals surface area contributed by atoms with E-state index in [0.29, 0.717) is 18.5 Å². The summed E-state index contributed by atoms with van der Waals surface area (Å²) in [5.74, 6) is -0.522. The molecule has 9 nitrogen and oxygen atoms in total. The zero-order chi connectivity index (χ0) is 27.9. The van der Waals surface area contributed by atoms with E-state index < -0.39 is 17.5 Å². The van der Waals surface area contributed by atoms with E-state index in [1.807, 2.05) is 39.8 Å². The van der Waals surface area contributed by atoms with E-state index in [2.05, 4.69) is 27.5 Å². The molecule has 3 fully saturated rings. The molecule has 2 aromatic rings. The Bertz CT molecular complexity index is 1220. The molecule has 3 aliphatic heterocycles. The first-order chi connectivity index (χ1) is 18.6. The summed E-state index contributed by atoms with van der Waals surface area (Å²) in [5.41, 5.74) is 1.81. The predicted molar refractivity (Wildman–Crippen MR) is 152 cm³/mol. The number of thiazole rings is 1. The fourth-order valence-corrected chi connectivity index (χ4v) is 6.52. The van der Waals surface area contributed by atoms with Gasteiger partial charge in [0.25, 0.3) is 5.91 Å². The number of hydrogen-bond donors (Lipinski definition) is 1. The van der Waals surface area contributed by atoms with E-state index in [9.17, 15) is 14.4 Å². The monoisotopic (exact) mass is 553 g/mol. The van der Waals surface area contributed by atoms with Crippen LogP contribution in [0.1, 0.15) is 44.5 Å². The van der Waals surface area contributed by atoms with Gasteiger partial charge in [-0.15, -0.1) is 11.3 Å². The average Bonchev–Trinajstić information content (AvgIpc) is 3.65.